The van der Waals surface area contributed by atoms with E-state index in [0.717, 1.165) is 27.0 Å². The van der Waals surface area contributed by atoms with E-state index in [2.05, 4.69) is 11.1 Å². The molecule has 0 aliphatic rings. The van der Waals surface area contributed by atoms with Crippen LogP contribution in [-0.2, 0) is 6.42 Å². The predicted octanol–water partition coefficient (Wildman–Crippen LogP) is 3.88. The topological polar surface area (TPSA) is 33.1 Å². The van der Waals surface area contributed by atoms with Gasteiger partial charge in [-0.1, -0.05) is 24.3 Å². The molecular weight excluding hydrogens is 254 g/mol. The zero-order valence-corrected chi connectivity index (χ0v) is 11.5. The van der Waals surface area contributed by atoms with Crippen molar-refractivity contribution in [2.75, 3.05) is 0 Å². The summed E-state index contributed by atoms with van der Waals surface area (Å²) in [6.45, 7) is 2.03. The number of aliphatic hydroxyl groups excluding tert-OH is 1. The second kappa shape index (κ2) is 5.11. The Kier molecular flexibility index (Phi) is 3.32. The minimum atomic E-state index is -0.464. The summed E-state index contributed by atoms with van der Waals surface area (Å²) in [4.78, 5) is 5.64. The van der Waals surface area contributed by atoms with Crippen LogP contribution in [0.1, 0.15) is 22.2 Å². The van der Waals surface area contributed by atoms with Crippen LogP contribution in [0.3, 0.4) is 0 Å². The molecule has 0 amide bonds. The third-order valence-electron chi connectivity index (χ3n) is 3.26. The zero-order chi connectivity index (χ0) is 13.2. The molecule has 2 heterocycles. The van der Waals surface area contributed by atoms with Crippen LogP contribution in [0.25, 0.3) is 10.9 Å². The van der Waals surface area contributed by atoms with E-state index in [1.165, 1.54) is 0 Å². The highest BCUT2D eigenvalue weighted by molar-refractivity contribution is 7.10. The number of hydrogen-bond acceptors (Lipinski definition) is 3. The first kappa shape index (κ1) is 12.3. The number of rotatable bonds is 3. The standard InChI is InChI=1S/C16H15NOS/c1-11-8-9-19-16(11)15(18)10-13-7-6-12-4-2-3-5-14(12)17-13/h2-9,15,18H,10H2,1H3. The van der Waals surface area contributed by atoms with Gasteiger partial charge in [0.15, 0.2) is 0 Å². The maximum atomic E-state index is 10.3. The highest BCUT2D eigenvalue weighted by Gasteiger charge is 2.13. The summed E-state index contributed by atoms with van der Waals surface area (Å²) in [7, 11) is 0. The highest BCUT2D eigenvalue weighted by atomic mass is 32.1. The molecule has 1 atom stereocenters. The van der Waals surface area contributed by atoms with Crippen molar-refractivity contribution in [1.82, 2.24) is 4.98 Å². The van der Waals surface area contributed by atoms with E-state index in [-0.39, 0.29) is 0 Å². The van der Waals surface area contributed by atoms with E-state index < -0.39 is 6.10 Å². The van der Waals surface area contributed by atoms with Gasteiger partial charge in [0.05, 0.1) is 11.6 Å². The molecule has 2 nitrogen and oxygen atoms in total. The van der Waals surface area contributed by atoms with Gasteiger partial charge < -0.3 is 5.11 Å². The number of aliphatic hydroxyl groups is 1. The van der Waals surface area contributed by atoms with Crippen molar-refractivity contribution in [2.24, 2.45) is 0 Å². The van der Waals surface area contributed by atoms with Crippen LogP contribution in [0, 0.1) is 6.92 Å². The summed E-state index contributed by atoms with van der Waals surface area (Å²) in [5.41, 5.74) is 3.06. The van der Waals surface area contributed by atoms with Gasteiger partial charge in [0.2, 0.25) is 0 Å². The molecule has 0 aliphatic heterocycles. The van der Waals surface area contributed by atoms with Crippen LogP contribution in [0.5, 0.6) is 0 Å². The lowest BCUT2D eigenvalue weighted by Crippen LogP contribution is -2.02. The third-order valence-corrected chi connectivity index (χ3v) is 4.38. The smallest absolute Gasteiger partial charge is 0.0939 e. The van der Waals surface area contributed by atoms with Crippen molar-refractivity contribution in [1.29, 1.82) is 0 Å². The number of pyridine rings is 1. The minimum Gasteiger partial charge on any atom is -0.387 e. The molecule has 1 aromatic carbocycles. The Morgan fingerprint density at radius 3 is 2.79 bits per heavy atom. The molecule has 2 aromatic heterocycles. The molecule has 0 fully saturated rings. The SMILES string of the molecule is Cc1ccsc1C(O)Cc1ccc2ccccc2n1. The minimum absolute atomic E-state index is 0.464. The van der Waals surface area contributed by atoms with Crippen LogP contribution in [0.2, 0.25) is 0 Å². The predicted molar refractivity (Wildman–Crippen MR) is 79.5 cm³/mol. The van der Waals surface area contributed by atoms with E-state index in [0.29, 0.717) is 6.42 Å². The lowest BCUT2D eigenvalue weighted by Gasteiger charge is -2.10. The largest absolute Gasteiger partial charge is 0.387 e. The van der Waals surface area contributed by atoms with Crippen molar-refractivity contribution in [3.63, 3.8) is 0 Å². The maximum absolute atomic E-state index is 10.3. The second-order valence-corrected chi connectivity index (χ2v) is 5.63. The molecule has 19 heavy (non-hydrogen) atoms. The highest BCUT2D eigenvalue weighted by Crippen LogP contribution is 2.26. The molecule has 0 bridgehead atoms. The monoisotopic (exact) mass is 269 g/mol. The molecule has 0 saturated carbocycles. The summed E-state index contributed by atoms with van der Waals surface area (Å²) < 4.78 is 0. The Hall–Kier alpha value is -1.71. The zero-order valence-electron chi connectivity index (χ0n) is 10.7. The molecule has 3 rings (SSSR count). The average molecular weight is 269 g/mol. The first-order chi connectivity index (χ1) is 9.24. The summed E-state index contributed by atoms with van der Waals surface area (Å²) in [5.74, 6) is 0. The van der Waals surface area contributed by atoms with Gasteiger partial charge >= 0.3 is 0 Å². The summed E-state index contributed by atoms with van der Waals surface area (Å²) in [6, 6.07) is 14.1. The maximum Gasteiger partial charge on any atom is 0.0939 e. The van der Waals surface area contributed by atoms with Crippen molar-refractivity contribution in [2.45, 2.75) is 19.4 Å². The Bertz CT molecular complexity index is 705. The molecule has 3 aromatic rings. The van der Waals surface area contributed by atoms with Crippen molar-refractivity contribution in [3.8, 4) is 0 Å². The van der Waals surface area contributed by atoms with E-state index in [1.807, 2.05) is 48.7 Å². The first-order valence-corrected chi connectivity index (χ1v) is 7.19. The van der Waals surface area contributed by atoms with Gasteiger partial charge in [-0.2, -0.15) is 0 Å². The van der Waals surface area contributed by atoms with Crippen LogP contribution >= 0.6 is 11.3 Å². The fourth-order valence-corrected chi connectivity index (χ4v) is 3.15. The second-order valence-electron chi connectivity index (χ2n) is 4.68. The molecule has 3 heteroatoms. The number of aromatic nitrogens is 1. The van der Waals surface area contributed by atoms with E-state index in [9.17, 15) is 5.11 Å². The Morgan fingerprint density at radius 2 is 2.00 bits per heavy atom. The number of aryl methyl sites for hydroxylation is 1. The van der Waals surface area contributed by atoms with Gasteiger partial charge in [0, 0.05) is 22.4 Å². The van der Waals surface area contributed by atoms with Gasteiger partial charge in [0.1, 0.15) is 0 Å². The van der Waals surface area contributed by atoms with E-state index >= 15 is 0 Å². The molecule has 96 valence electrons. The molecular formula is C16H15NOS. The average Bonchev–Trinajstić information content (AvgIpc) is 2.85. The van der Waals surface area contributed by atoms with Gasteiger partial charge in [-0.15, -0.1) is 11.3 Å². The number of para-hydroxylation sites is 1. The third kappa shape index (κ3) is 2.53. The molecule has 1 N–H and O–H groups in total. The van der Waals surface area contributed by atoms with Crippen LogP contribution in [0.4, 0.5) is 0 Å². The number of benzene rings is 1. The van der Waals surface area contributed by atoms with Gasteiger partial charge in [0.25, 0.3) is 0 Å². The van der Waals surface area contributed by atoms with Crippen molar-refractivity contribution in [3.05, 3.63) is 64.0 Å². The molecule has 0 saturated heterocycles. The number of hydrogen-bond donors (Lipinski definition) is 1. The van der Waals surface area contributed by atoms with E-state index in [1.54, 1.807) is 11.3 Å². The fraction of sp³-hybridized carbons (Fsp3) is 0.188. The lowest BCUT2D eigenvalue weighted by molar-refractivity contribution is 0.180. The Labute approximate surface area is 116 Å². The molecule has 1 unspecified atom stereocenters. The van der Waals surface area contributed by atoms with Crippen molar-refractivity contribution >= 4 is 22.2 Å². The lowest BCUT2D eigenvalue weighted by atomic mass is 10.1. The molecule has 0 aliphatic carbocycles. The van der Waals surface area contributed by atoms with E-state index in [4.69, 9.17) is 0 Å². The normalized spacial score (nSPS) is 12.7. The summed E-state index contributed by atoms with van der Waals surface area (Å²) in [5, 5.41) is 13.4. The van der Waals surface area contributed by atoms with Crippen LogP contribution < -0.4 is 0 Å². The van der Waals surface area contributed by atoms with Crippen LogP contribution in [-0.4, -0.2) is 10.1 Å². The number of fused-ring (bicyclic) bond motifs is 1. The fourth-order valence-electron chi connectivity index (χ4n) is 2.24. The Balaban J connectivity index is 1.87. The van der Waals surface area contributed by atoms with Gasteiger partial charge in [-0.05, 0) is 36.1 Å². The Morgan fingerprint density at radius 1 is 1.16 bits per heavy atom. The number of nitrogens with zero attached hydrogens (tertiary/aromatic N) is 1. The molecule has 0 radical (unpaired) electrons. The molecule has 0 spiro atoms. The van der Waals surface area contributed by atoms with Crippen LogP contribution in [0.15, 0.2) is 47.8 Å². The quantitative estimate of drug-likeness (QED) is 0.782. The number of thiophene rings is 1. The van der Waals surface area contributed by atoms with Crippen molar-refractivity contribution < 1.29 is 5.11 Å². The van der Waals surface area contributed by atoms with Gasteiger partial charge in [-0.25, -0.2) is 0 Å². The first-order valence-electron chi connectivity index (χ1n) is 6.31. The summed E-state index contributed by atoms with van der Waals surface area (Å²) >= 11 is 1.60. The summed E-state index contributed by atoms with van der Waals surface area (Å²) in [6.07, 6.45) is 0.0975. The van der Waals surface area contributed by atoms with Gasteiger partial charge in [-0.3, -0.25) is 4.98 Å².